The van der Waals surface area contributed by atoms with Crippen molar-refractivity contribution in [2.24, 2.45) is 5.92 Å². The van der Waals surface area contributed by atoms with Crippen molar-refractivity contribution in [2.75, 3.05) is 0 Å². The van der Waals surface area contributed by atoms with Crippen molar-refractivity contribution in [2.45, 2.75) is 33.6 Å². The topological polar surface area (TPSA) is 38.9 Å². The lowest BCUT2D eigenvalue weighted by Crippen LogP contribution is -2.08. The smallest absolute Gasteiger partial charge is 0.234 e. The predicted molar refractivity (Wildman–Crippen MR) is 51.4 cm³/mol. The molecule has 13 heavy (non-hydrogen) atoms. The zero-order chi connectivity index (χ0) is 10.0. The van der Waals surface area contributed by atoms with E-state index in [-0.39, 0.29) is 5.92 Å². The van der Waals surface area contributed by atoms with Gasteiger partial charge in [0.1, 0.15) is 0 Å². The molecule has 0 aliphatic carbocycles. The first-order chi connectivity index (χ1) is 6.02. The predicted octanol–water partition coefficient (Wildman–Crippen LogP) is 2.69. The van der Waals surface area contributed by atoms with Crippen molar-refractivity contribution in [3.63, 3.8) is 0 Å². The molecule has 0 radical (unpaired) electrons. The van der Waals surface area contributed by atoms with E-state index in [0.717, 1.165) is 5.57 Å². The lowest BCUT2D eigenvalue weighted by atomic mass is 9.90. The van der Waals surface area contributed by atoms with Gasteiger partial charge in [-0.2, -0.15) is 4.98 Å². The zero-order valence-corrected chi connectivity index (χ0v) is 8.66. The molecule has 0 N–H and O–H groups in total. The maximum atomic E-state index is 5.13. The second-order valence-corrected chi connectivity index (χ2v) is 3.75. The fraction of sp³-hybridized carbons (Fsp3) is 0.600. The van der Waals surface area contributed by atoms with Gasteiger partial charge in [-0.15, -0.1) is 0 Å². The molecule has 1 aromatic heterocycles. The Hall–Kier alpha value is -1.12. The zero-order valence-electron chi connectivity index (χ0n) is 8.66. The van der Waals surface area contributed by atoms with Crippen LogP contribution in [-0.4, -0.2) is 10.1 Å². The van der Waals surface area contributed by atoms with Crippen molar-refractivity contribution in [3.8, 4) is 0 Å². The summed E-state index contributed by atoms with van der Waals surface area (Å²) in [5.74, 6) is 1.99. The third-order valence-electron chi connectivity index (χ3n) is 2.01. The van der Waals surface area contributed by atoms with Gasteiger partial charge in [-0.3, -0.25) is 0 Å². The van der Waals surface area contributed by atoms with Gasteiger partial charge in [0, 0.05) is 0 Å². The van der Waals surface area contributed by atoms with Crippen LogP contribution in [0.5, 0.6) is 0 Å². The van der Waals surface area contributed by atoms with Crippen LogP contribution in [0, 0.1) is 12.8 Å². The summed E-state index contributed by atoms with van der Waals surface area (Å²) in [5.41, 5.74) is 1.07. The molecule has 0 aliphatic rings. The molecule has 1 rings (SSSR count). The molecule has 0 aliphatic heterocycles. The first-order valence-corrected chi connectivity index (χ1v) is 4.48. The van der Waals surface area contributed by atoms with Gasteiger partial charge in [0.15, 0.2) is 5.82 Å². The van der Waals surface area contributed by atoms with E-state index < -0.39 is 0 Å². The van der Waals surface area contributed by atoms with E-state index in [1.807, 2.05) is 13.8 Å². The lowest BCUT2D eigenvalue weighted by molar-refractivity contribution is 0.337. The molecule has 3 nitrogen and oxygen atoms in total. The van der Waals surface area contributed by atoms with Crippen LogP contribution in [-0.2, 0) is 0 Å². The Balaban J connectivity index is 2.95. The quantitative estimate of drug-likeness (QED) is 0.671. The van der Waals surface area contributed by atoms with Gasteiger partial charge < -0.3 is 4.52 Å². The van der Waals surface area contributed by atoms with Gasteiger partial charge in [-0.1, -0.05) is 31.2 Å². The number of rotatable bonds is 3. The molecule has 1 unspecified atom stereocenters. The largest absolute Gasteiger partial charge is 0.339 e. The monoisotopic (exact) mass is 180 g/mol. The summed E-state index contributed by atoms with van der Waals surface area (Å²) < 4.78 is 5.13. The van der Waals surface area contributed by atoms with E-state index in [1.54, 1.807) is 0 Å². The van der Waals surface area contributed by atoms with E-state index in [1.165, 1.54) is 0 Å². The summed E-state index contributed by atoms with van der Waals surface area (Å²) >= 11 is 0. The average Bonchev–Trinajstić information content (AvgIpc) is 2.34. The Labute approximate surface area is 78.8 Å². The number of allylic oxidation sites excluding steroid dienone is 1. The first kappa shape index (κ1) is 9.96. The Morgan fingerprint density at radius 2 is 2.08 bits per heavy atom. The normalized spacial score (nSPS) is 13.3. The van der Waals surface area contributed by atoms with Crippen LogP contribution < -0.4 is 0 Å². The van der Waals surface area contributed by atoms with Crippen LogP contribution in [0.4, 0.5) is 0 Å². The van der Waals surface area contributed by atoms with Crippen LogP contribution in [0.3, 0.4) is 0 Å². The molecule has 1 heterocycles. The molecule has 72 valence electrons. The maximum absolute atomic E-state index is 5.13. The van der Waals surface area contributed by atoms with Crippen LogP contribution in [0.1, 0.15) is 38.4 Å². The highest BCUT2D eigenvalue weighted by Crippen LogP contribution is 2.28. The van der Waals surface area contributed by atoms with Gasteiger partial charge in [0.05, 0.1) is 5.92 Å². The summed E-state index contributed by atoms with van der Waals surface area (Å²) in [6.07, 6.45) is 0. The van der Waals surface area contributed by atoms with Crippen LogP contribution in [0.25, 0.3) is 0 Å². The molecule has 0 saturated carbocycles. The first-order valence-electron chi connectivity index (χ1n) is 4.48. The minimum Gasteiger partial charge on any atom is -0.339 e. The molecule has 0 spiro atoms. The number of aromatic nitrogens is 2. The molecule has 0 amide bonds. The van der Waals surface area contributed by atoms with E-state index in [2.05, 4.69) is 30.6 Å². The van der Waals surface area contributed by atoms with E-state index in [9.17, 15) is 0 Å². The fourth-order valence-electron chi connectivity index (χ4n) is 1.50. The van der Waals surface area contributed by atoms with E-state index in [0.29, 0.717) is 17.6 Å². The molecule has 0 aromatic carbocycles. The minimum absolute atomic E-state index is 0.182. The molecule has 3 heteroatoms. The number of nitrogens with zero attached hydrogens (tertiary/aromatic N) is 2. The summed E-state index contributed by atoms with van der Waals surface area (Å²) in [5, 5.41) is 3.78. The Bertz CT molecular complexity index is 302. The van der Waals surface area contributed by atoms with Crippen molar-refractivity contribution in [1.82, 2.24) is 10.1 Å². The van der Waals surface area contributed by atoms with E-state index in [4.69, 9.17) is 4.52 Å². The molecular formula is C10H16N2O. The van der Waals surface area contributed by atoms with Crippen molar-refractivity contribution < 1.29 is 4.52 Å². The number of aryl methyl sites for hydroxylation is 1. The van der Waals surface area contributed by atoms with Crippen molar-refractivity contribution in [3.05, 3.63) is 23.9 Å². The lowest BCUT2D eigenvalue weighted by Gasteiger charge is -2.15. The second kappa shape index (κ2) is 3.73. The van der Waals surface area contributed by atoms with Crippen LogP contribution in [0.15, 0.2) is 16.7 Å². The third-order valence-corrected chi connectivity index (χ3v) is 2.01. The highest BCUT2D eigenvalue weighted by molar-refractivity contribution is 5.12. The number of hydrogen-bond acceptors (Lipinski definition) is 3. The highest BCUT2D eigenvalue weighted by atomic mass is 16.5. The SMILES string of the molecule is C=C(C)C(c1nc(C)no1)C(C)C. The van der Waals surface area contributed by atoms with Crippen LogP contribution >= 0.6 is 0 Å². The van der Waals surface area contributed by atoms with E-state index >= 15 is 0 Å². The molecule has 1 aromatic rings. The average molecular weight is 180 g/mol. The minimum atomic E-state index is 0.182. The third kappa shape index (κ3) is 2.17. The van der Waals surface area contributed by atoms with Gasteiger partial charge in [-0.05, 0) is 19.8 Å². The Morgan fingerprint density at radius 1 is 1.46 bits per heavy atom. The highest BCUT2D eigenvalue weighted by Gasteiger charge is 2.22. The summed E-state index contributed by atoms with van der Waals surface area (Å²) in [7, 11) is 0. The summed E-state index contributed by atoms with van der Waals surface area (Å²) in [6.45, 7) is 12.0. The maximum Gasteiger partial charge on any atom is 0.234 e. The number of hydrogen-bond donors (Lipinski definition) is 0. The van der Waals surface area contributed by atoms with Gasteiger partial charge in [-0.25, -0.2) is 0 Å². The Morgan fingerprint density at radius 3 is 2.38 bits per heavy atom. The standard InChI is InChI=1S/C10H16N2O/c1-6(2)9(7(3)4)10-11-8(5)12-13-10/h7,9H,1H2,2-5H3. The Kier molecular flexibility index (Phi) is 2.86. The molecule has 0 bridgehead atoms. The summed E-state index contributed by atoms with van der Waals surface area (Å²) in [6, 6.07) is 0. The summed E-state index contributed by atoms with van der Waals surface area (Å²) in [4.78, 5) is 4.21. The molecular weight excluding hydrogens is 164 g/mol. The van der Waals surface area contributed by atoms with Gasteiger partial charge in [0.25, 0.3) is 0 Å². The van der Waals surface area contributed by atoms with Crippen LogP contribution in [0.2, 0.25) is 0 Å². The molecule has 0 fully saturated rings. The van der Waals surface area contributed by atoms with Crippen molar-refractivity contribution in [1.29, 1.82) is 0 Å². The fourth-order valence-corrected chi connectivity index (χ4v) is 1.50. The molecule has 0 saturated heterocycles. The van der Waals surface area contributed by atoms with Gasteiger partial charge >= 0.3 is 0 Å². The second-order valence-electron chi connectivity index (χ2n) is 3.75. The molecule has 1 atom stereocenters. The van der Waals surface area contributed by atoms with Gasteiger partial charge in [0.2, 0.25) is 5.89 Å². The van der Waals surface area contributed by atoms with Crippen molar-refractivity contribution >= 4 is 0 Å².